The van der Waals surface area contributed by atoms with Crippen molar-refractivity contribution in [2.24, 2.45) is 5.10 Å². The van der Waals surface area contributed by atoms with Crippen LogP contribution in [0.2, 0.25) is 0 Å². The van der Waals surface area contributed by atoms with Gasteiger partial charge in [0.05, 0.1) is 33.8 Å². The van der Waals surface area contributed by atoms with Crippen molar-refractivity contribution in [3.63, 3.8) is 0 Å². The van der Waals surface area contributed by atoms with Crippen molar-refractivity contribution in [2.45, 2.75) is 4.90 Å². The zero-order valence-electron chi connectivity index (χ0n) is 17.0. The van der Waals surface area contributed by atoms with E-state index in [-0.39, 0.29) is 27.7 Å². The minimum Gasteiger partial charge on any atom is -0.495 e. The first kappa shape index (κ1) is 23.1. The molecule has 3 aromatic rings. The number of hydrazone groups is 1. The summed E-state index contributed by atoms with van der Waals surface area (Å²) in [7, 11) is -2.78. The predicted molar refractivity (Wildman–Crippen MR) is 121 cm³/mol. The van der Waals surface area contributed by atoms with Crippen LogP contribution >= 0.6 is 0 Å². The van der Waals surface area contributed by atoms with Gasteiger partial charge in [-0.2, -0.15) is 5.10 Å². The summed E-state index contributed by atoms with van der Waals surface area (Å²) in [6, 6.07) is 15.2. The van der Waals surface area contributed by atoms with Crippen LogP contribution in [0.3, 0.4) is 0 Å². The first-order valence-corrected chi connectivity index (χ1v) is 10.7. The number of hydrogen-bond donors (Lipinski definition) is 2. The second-order valence-corrected chi connectivity index (χ2v) is 8.15. The quantitative estimate of drug-likeness (QED) is 0.270. The molecule has 33 heavy (non-hydrogen) atoms. The van der Waals surface area contributed by atoms with Crippen molar-refractivity contribution in [3.05, 3.63) is 92.5 Å². The average molecular weight is 471 g/mol. The third kappa shape index (κ3) is 5.59. The number of methoxy groups -OCH3 is 1. The minimum atomic E-state index is -4.16. The molecule has 3 aromatic carbocycles. The fraction of sp³-hybridized carbons (Fsp3) is 0.0500. The van der Waals surface area contributed by atoms with Gasteiger partial charge in [0.25, 0.3) is 21.4 Å². The highest BCUT2D eigenvalue weighted by Crippen LogP contribution is 2.30. The molecule has 0 bridgehead atoms. The molecule has 170 valence electrons. The van der Waals surface area contributed by atoms with E-state index in [4.69, 9.17) is 4.74 Å². The van der Waals surface area contributed by atoms with Crippen LogP contribution < -0.4 is 14.9 Å². The highest BCUT2D eigenvalue weighted by atomic mass is 32.2. The summed E-state index contributed by atoms with van der Waals surface area (Å²) in [5, 5.41) is 26.2. The number of para-hydroxylation sites is 2. The van der Waals surface area contributed by atoms with Gasteiger partial charge in [0.15, 0.2) is 0 Å². The number of non-ortho nitro benzene ring substituents is 1. The summed E-state index contributed by atoms with van der Waals surface area (Å²) in [6.07, 6.45) is 1.24. The highest BCUT2D eigenvalue weighted by molar-refractivity contribution is 7.92. The fourth-order valence-corrected chi connectivity index (χ4v) is 3.84. The Kier molecular flexibility index (Phi) is 6.83. The van der Waals surface area contributed by atoms with Crippen molar-refractivity contribution >= 4 is 39.0 Å². The van der Waals surface area contributed by atoms with E-state index in [1.807, 2.05) is 0 Å². The Hall–Kier alpha value is -4.52. The Labute approximate surface area is 187 Å². The number of benzene rings is 3. The molecule has 0 aliphatic heterocycles. The highest BCUT2D eigenvalue weighted by Gasteiger charge is 2.22. The van der Waals surface area contributed by atoms with Crippen molar-refractivity contribution in [3.8, 4) is 5.75 Å². The lowest BCUT2D eigenvalue weighted by atomic mass is 10.2. The maximum Gasteiger partial charge on any atom is 0.295 e. The largest absolute Gasteiger partial charge is 0.495 e. The Morgan fingerprint density at radius 1 is 0.939 bits per heavy atom. The summed E-state index contributed by atoms with van der Waals surface area (Å²) in [5.74, 6) is 0.282. The predicted octanol–water partition coefficient (Wildman–Crippen LogP) is 3.76. The van der Waals surface area contributed by atoms with Crippen LogP contribution in [0.1, 0.15) is 5.56 Å². The number of nitro benzene ring substituents is 2. The molecule has 0 amide bonds. The zero-order chi connectivity index (χ0) is 24.0. The normalized spacial score (nSPS) is 11.2. The van der Waals surface area contributed by atoms with Gasteiger partial charge in [-0.25, -0.2) is 8.42 Å². The first-order valence-electron chi connectivity index (χ1n) is 9.19. The van der Waals surface area contributed by atoms with Gasteiger partial charge in [0.1, 0.15) is 11.4 Å². The molecule has 0 atom stereocenters. The lowest BCUT2D eigenvalue weighted by Gasteiger charge is -2.12. The van der Waals surface area contributed by atoms with E-state index >= 15 is 0 Å². The molecule has 0 aliphatic rings. The summed E-state index contributed by atoms with van der Waals surface area (Å²) in [5.41, 5.74) is 2.28. The number of ether oxygens (including phenoxy) is 1. The van der Waals surface area contributed by atoms with Crippen LogP contribution in [0.15, 0.2) is 76.7 Å². The van der Waals surface area contributed by atoms with E-state index in [0.29, 0.717) is 5.56 Å². The number of hydrogen-bond acceptors (Lipinski definition) is 9. The second-order valence-electron chi connectivity index (χ2n) is 6.46. The van der Waals surface area contributed by atoms with Gasteiger partial charge in [-0.05, 0) is 24.3 Å². The molecule has 2 N–H and O–H groups in total. The lowest BCUT2D eigenvalue weighted by molar-refractivity contribution is -0.384. The summed E-state index contributed by atoms with van der Waals surface area (Å²) >= 11 is 0. The second kappa shape index (κ2) is 9.74. The van der Waals surface area contributed by atoms with Gasteiger partial charge in [0, 0.05) is 23.8 Å². The van der Waals surface area contributed by atoms with Crippen molar-refractivity contribution in [1.82, 2.24) is 0 Å². The van der Waals surface area contributed by atoms with E-state index in [1.54, 1.807) is 24.3 Å². The molecule has 0 radical (unpaired) electrons. The van der Waals surface area contributed by atoms with Crippen molar-refractivity contribution in [1.29, 1.82) is 0 Å². The van der Waals surface area contributed by atoms with Gasteiger partial charge in [-0.1, -0.05) is 24.3 Å². The molecule has 3 rings (SSSR count). The molecule has 0 saturated heterocycles. The van der Waals surface area contributed by atoms with E-state index in [0.717, 1.165) is 6.07 Å². The zero-order valence-corrected chi connectivity index (χ0v) is 17.9. The minimum absolute atomic E-state index is 0.0714. The molecular weight excluding hydrogens is 454 g/mol. The summed E-state index contributed by atoms with van der Waals surface area (Å²) in [6.45, 7) is 0. The van der Waals surface area contributed by atoms with Crippen molar-refractivity contribution in [2.75, 3.05) is 17.3 Å². The SMILES string of the molecule is COc1ccccc1NS(=O)(=O)c1ccc(NN=Cc2cccc([N+](=O)[O-])c2)c([N+](=O)[O-])c1. The van der Waals surface area contributed by atoms with E-state index in [9.17, 15) is 28.6 Å². The molecule has 0 spiro atoms. The smallest absolute Gasteiger partial charge is 0.295 e. The van der Waals surface area contributed by atoms with Crippen LogP contribution in [-0.4, -0.2) is 31.6 Å². The molecule has 0 saturated carbocycles. The van der Waals surface area contributed by atoms with Crippen LogP contribution in [0.25, 0.3) is 0 Å². The molecule has 12 nitrogen and oxygen atoms in total. The molecule has 13 heteroatoms. The van der Waals surface area contributed by atoms with Gasteiger partial charge in [0.2, 0.25) is 0 Å². The Balaban J connectivity index is 1.85. The van der Waals surface area contributed by atoms with Gasteiger partial charge in [-0.15, -0.1) is 0 Å². The molecule has 0 heterocycles. The summed E-state index contributed by atoms with van der Waals surface area (Å²) in [4.78, 5) is 20.7. The molecule has 0 aromatic heterocycles. The van der Waals surface area contributed by atoms with Crippen LogP contribution in [0.4, 0.5) is 22.7 Å². The van der Waals surface area contributed by atoms with Crippen LogP contribution in [-0.2, 0) is 10.0 Å². The van der Waals surface area contributed by atoms with E-state index in [2.05, 4.69) is 15.2 Å². The maximum absolute atomic E-state index is 12.7. The number of rotatable bonds is 9. The Morgan fingerprint density at radius 2 is 1.70 bits per heavy atom. The third-order valence-electron chi connectivity index (χ3n) is 4.31. The number of sulfonamides is 1. The fourth-order valence-electron chi connectivity index (χ4n) is 2.75. The Bertz CT molecular complexity index is 1340. The number of nitro groups is 2. The summed E-state index contributed by atoms with van der Waals surface area (Å²) < 4.78 is 32.9. The average Bonchev–Trinajstić information content (AvgIpc) is 2.79. The molecule has 0 fully saturated rings. The molecular formula is C20H17N5O7S. The Morgan fingerprint density at radius 3 is 2.39 bits per heavy atom. The van der Waals surface area contributed by atoms with Crippen LogP contribution in [0, 0.1) is 20.2 Å². The lowest BCUT2D eigenvalue weighted by Crippen LogP contribution is -2.14. The monoisotopic (exact) mass is 471 g/mol. The van der Waals surface area contributed by atoms with Gasteiger partial charge in [-0.3, -0.25) is 30.4 Å². The van der Waals surface area contributed by atoms with Gasteiger partial charge < -0.3 is 4.74 Å². The number of anilines is 2. The van der Waals surface area contributed by atoms with E-state index < -0.39 is 25.6 Å². The first-order chi connectivity index (χ1) is 15.7. The van der Waals surface area contributed by atoms with E-state index in [1.165, 1.54) is 49.7 Å². The molecule has 0 unspecified atom stereocenters. The maximum atomic E-state index is 12.7. The number of nitrogens with one attached hydrogen (secondary N) is 2. The standard InChI is InChI=1S/C20H17N5O7S/c1-32-20-8-3-2-7-18(20)23-33(30,31)16-9-10-17(19(12-16)25(28)29)22-21-13-14-5-4-6-15(11-14)24(26)27/h2-13,22-23H,1H3. The van der Waals surface area contributed by atoms with Crippen LogP contribution in [0.5, 0.6) is 5.75 Å². The van der Waals surface area contributed by atoms with Gasteiger partial charge >= 0.3 is 0 Å². The number of nitrogens with zero attached hydrogens (tertiary/aromatic N) is 3. The molecule has 0 aliphatic carbocycles. The topological polar surface area (TPSA) is 166 Å². The third-order valence-corrected chi connectivity index (χ3v) is 5.67. The van der Waals surface area contributed by atoms with Crippen molar-refractivity contribution < 1.29 is 23.0 Å².